The first-order valence-corrected chi connectivity index (χ1v) is 6.62. The summed E-state index contributed by atoms with van der Waals surface area (Å²) in [6, 6.07) is 12.0. The van der Waals surface area contributed by atoms with Crippen molar-refractivity contribution in [2.45, 2.75) is 19.6 Å². The summed E-state index contributed by atoms with van der Waals surface area (Å²) in [5.41, 5.74) is 2.23. The number of benzene rings is 1. The molecule has 0 aliphatic carbocycles. The highest BCUT2D eigenvalue weighted by Gasteiger charge is 2.03. The number of rotatable bonds is 6. The molecule has 20 heavy (non-hydrogen) atoms. The molecule has 1 heterocycles. The second-order valence-corrected chi connectivity index (χ2v) is 4.58. The maximum atomic E-state index is 5.66. The highest BCUT2D eigenvalue weighted by atomic mass is 16.5. The van der Waals surface area contributed by atoms with Crippen LogP contribution in [-0.2, 0) is 6.61 Å². The normalized spacial score (nSPS) is 11.9. The summed E-state index contributed by atoms with van der Waals surface area (Å²) in [5, 5.41) is 3.18. The van der Waals surface area contributed by atoms with Crippen molar-refractivity contribution in [1.29, 1.82) is 0 Å². The number of hydrogen-bond donors (Lipinski definition) is 1. The maximum Gasteiger partial charge on any atom is 0.213 e. The molecule has 1 atom stereocenters. The van der Waals surface area contributed by atoms with Crippen molar-refractivity contribution >= 4 is 0 Å². The minimum Gasteiger partial charge on any atom is -0.497 e. The van der Waals surface area contributed by atoms with Gasteiger partial charge in [0.2, 0.25) is 5.88 Å². The Morgan fingerprint density at radius 3 is 2.45 bits per heavy atom. The molecule has 0 aliphatic rings. The average Bonchev–Trinajstić information content (AvgIpc) is 2.53. The molecule has 0 saturated carbocycles. The topological polar surface area (TPSA) is 43.4 Å². The predicted molar refractivity (Wildman–Crippen MR) is 79.0 cm³/mol. The third-order valence-electron chi connectivity index (χ3n) is 3.24. The first kappa shape index (κ1) is 14.3. The van der Waals surface area contributed by atoms with E-state index >= 15 is 0 Å². The van der Waals surface area contributed by atoms with Crippen LogP contribution in [0.3, 0.4) is 0 Å². The molecule has 1 aromatic carbocycles. The second kappa shape index (κ2) is 6.91. The molecule has 0 radical (unpaired) electrons. The van der Waals surface area contributed by atoms with Crippen LogP contribution in [0.15, 0.2) is 42.6 Å². The highest BCUT2D eigenvalue weighted by Crippen LogP contribution is 2.16. The van der Waals surface area contributed by atoms with E-state index in [0.29, 0.717) is 12.5 Å². The zero-order valence-electron chi connectivity index (χ0n) is 12.1. The van der Waals surface area contributed by atoms with Gasteiger partial charge in [-0.1, -0.05) is 18.2 Å². The van der Waals surface area contributed by atoms with Crippen LogP contribution in [0, 0.1) is 0 Å². The lowest BCUT2D eigenvalue weighted by atomic mass is 10.1. The van der Waals surface area contributed by atoms with E-state index in [4.69, 9.17) is 9.47 Å². The quantitative estimate of drug-likeness (QED) is 0.878. The van der Waals surface area contributed by atoms with Gasteiger partial charge in [0.1, 0.15) is 12.4 Å². The van der Waals surface area contributed by atoms with Crippen LogP contribution in [0.1, 0.15) is 24.1 Å². The number of hydrogen-bond acceptors (Lipinski definition) is 4. The first-order chi connectivity index (χ1) is 9.72. The van der Waals surface area contributed by atoms with Crippen molar-refractivity contribution in [1.82, 2.24) is 10.3 Å². The van der Waals surface area contributed by atoms with Crippen LogP contribution in [0.5, 0.6) is 11.6 Å². The zero-order chi connectivity index (χ0) is 14.4. The smallest absolute Gasteiger partial charge is 0.213 e. The fourth-order valence-corrected chi connectivity index (χ4v) is 1.78. The van der Waals surface area contributed by atoms with Crippen LogP contribution < -0.4 is 14.8 Å². The fourth-order valence-electron chi connectivity index (χ4n) is 1.78. The molecule has 0 fully saturated rings. The number of nitrogens with zero attached hydrogens (tertiary/aromatic N) is 1. The van der Waals surface area contributed by atoms with Gasteiger partial charge < -0.3 is 14.8 Å². The second-order valence-electron chi connectivity index (χ2n) is 4.58. The summed E-state index contributed by atoms with van der Waals surface area (Å²) >= 11 is 0. The lowest BCUT2D eigenvalue weighted by Gasteiger charge is -2.11. The summed E-state index contributed by atoms with van der Waals surface area (Å²) < 4.78 is 10.8. The highest BCUT2D eigenvalue weighted by molar-refractivity contribution is 5.27. The first-order valence-electron chi connectivity index (χ1n) is 6.62. The zero-order valence-corrected chi connectivity index (χ0v) is 12.1. The van der Waals surface area contributed by atoms with Gasteiger partial charge in [0.15, 0.2) is 0 Å². The van der Waals surface area contributed by atoms with Gasteiger partial charge in [-0.3, -0.25) is 0 Å². The average molecular weight is 272 g/mol. The van der Waals surface area contributed by atoms with E-state index in [2.05, 4.69) is 17.2 Å². The van der Waals surface area contributed by atoms with Crippen LogP contribution in [-0.4, -0.2) is 19.1 Å². The van der Waals surface area contributed by atoms with Crippen LogP contribution in [0.4, 0.5) is 0 Å². The lowest BCUT2D eigenvalue weighted by Crippen LogP contribution is -2.12. The third kappa shape index (κ3) is 3.71. The maximum absolute atomic E-state index is 5.66. The minimum atomic E-state index is 0.290. The molecule has 0 aliphatic heterocycles. The van der Waals surface area contributed by atoms with E-state index in [1.54, 1.807) is 7.11 Å². The molecule has 2 aromatic rings. The van der Waals surface area contributed by atoms with Crippen molar-refractivity contribution in [3.8, 4) is 11.6 Å². The number of ether oxygens (including phenoxy) is 2. The molecule has 106 valence electrons. The molecular formula is C16H20N2O2. The summed E-state index contributed by atoms with van der Waals surface area (Å²) in [6.07, 6.45) is 1.84. The number of methoxy groups -OCH3 is 1. The Labute approximate surface area is 119 Å². The fraction of sp³-hybridized carbons (Fsp3) is 0.312. The summed E-state index contributed by atoms with van der Waals surface area (Å²) in [6.45, 7) is 2.59. The third-order valence-corrected chi connectivity index (χ3v) is 3.24. The van der Waals surface area contributed by atoms with Crippen LogP contribution in [0.25, 0.3) is 0 Å². The van der Waals surface area contributed by atoms with E-state index in [0.717, 1.165) is 16.9 Å². The van der Waals surface area contributed by atoms with Gasteiger partial charge in [-0.2, -0.15) is 0 Å². The predicted octanol–water partition coefficient (Wildman–Crippen LogP) is 2.95. The minimum absolute atomic E-state index is 0.290. The molecule has 4 heteroatoms. The van der Waals surface area contributed by atoms with Crippen molar-refractivity contribution < 1.29 is 9.47 Å². The Hall–Kier alpha value is -2.07. The summed E-state index contributed by atoms with van der Waals surface area (Å²) in [7, 11) is 3.59. The summed E-state index contributed by atoms with van der Waals surface area (Å²) in [4.78, 5) is 4.31. The van der Waals surface area contributed by atoms with E-state index in [9.17, 15) is 0 Å². The van der Waals surface area contributed by atoms with Crippen molar-refractivity contribution in [2.24, 2.45) is 0 Å². The number of nitrogens with one attached hydrogen (secondary N) is 1. The molecule has 0 bridgehead atoms. The SMILES string of the molecule is CNC(C)c1ccc(OCc2ccc(OC)cc2)nc1. The number of pyridine rings is 1. The molecule has 0 amide bonds. The summed E-state index contributed by atoms with van der Waals surface area (Å²) in [5.74, 6) is 1.48. The molecule has 1 aromatic heterocycles. The van der Waals surface area contributed by atoms with E-state index in [-0.39, 0.29) is 6.04 Å². The van der Waals surface area contributed by atoms with E-state index < -0.39 is 0 Å². The van der Waals surface area contributed by atoms with Gasteiger partial charge in [0.25, 0.3) is 0 Å². The van der Waals surface area contributed by atoms with Gasteiger partial charge >= 0.3 is 0 Å². The van der Waals surface area contributed by atoms with Gasteiger partial charge in [0, 0.05) is 18.3 Å². The lowest BCUT2D eigenvalue weighted by molar-refractivity contribution is 0.293. The largest absolute Gasteiger partial charge is 0.497 e. The Bertz CT molecular complexity index is 523. The van der Waals surface area contributed by atoms with Crippen molar-refractivity contribution in [3.05, 3.63) is 53.7 Å². The van der Waals surface area contributed by atoms with Crippen LogP contribution in [0.2, 0.25) is 0 Å². The Kier molecular flexibility index (Phi) is 4.96. The van der Waals surface area contributed by atoms with E-state index in [1.807, 2.05) is 49.6 Å². The van der Waals surface area contributed by atoms with Crippen LogP contribution >= 0.6 is 0 Å². The van der Waals surface area contributed by atoms with Gasteiger partial charge in [-0.25, -0.2) is 4.98 Å². The Morgan fingerprint density at radius 1 is 1.15 bits per heavy atom. The molecule has 0 saturated heterocycles. The number of aromatic nitrogens is 1. The molecule has 1 unspecified atom stereocenters. The van der Waals surface area contributed by atoms with Gasteiger partial charge in [-0.15, -0.1) is 0 Å². The molecule has 0 spiro atoms. The Morgan fingerprint density at radius 2 is 1.90 bits per heavy atom. The molecule has 1 N–H and O–H groups in total. The van der Waals surface area contributed by atoms with E-state index in [1.165, 1.54) is 0 Å². The van der Waals surface area contributed by atoms with Crippen molar-refractivity contribution in [3.63, 3.8) is 0 Å². The van der Waals surface area contributed by atoms with Gasteiger partial charge in [-0.05, 0) is 37.2 Å². The molecular weight excluding hydrogens is 252 g/mol. The molecule has 4 nitrogen and oxygen atoms in total. The monoisotopic (exact) mass is 272 g/mol. The standard InChI is InChI=1S/C16H20N2O2/c1-12(17-2)14-6-9-16(18-10-14)20-11-13-4-7-15(19-3)8-5-13/h4-10,12,17H,11H2,1-3H3. The molecule has 2 rings (SSSR count). The van der Waals surface area contributed by atoms with Crippen molar-refractivity contribution in [2.75, 3.05) is 14.2 Å². The van der Waals surface area contributed by atoms with Gasteiger partial charge in [0.05, 0.1) is 7.11 Å². The Balaban J connectivity index is 1.93.